The van der Waals surface area contributed by atoms with Crippen LogP contribution in [-0.4, -0.2) is 49.0 Å². The van der Waals surface area contributed by atoms with Gasteiger partial charge in [0.25, 0.3) is 5.91 Å². The molecule has 10 nitrogen and oxygen atoms in total. The normalized spacial score (nSPS) is 15.5. The van der Waals surface area contributed by atoms with Crippen molar-refractivity contribution < 1.29 is 19.4 Å². The number of primary amides is 1. The van der Waals surface area contributed by atoms with Crippen LogP contribution in [-0.2, 0) is 13.1 Å². The first-order valence-electron chi connectivity index (χ1n) is 8.88. The average Bonchev–Trinajstić information content (AvgIpc) is 3.22. The van der Waals surface area contributed by atoms with E-state index in [-0.39, 0.29) is 18.1 Å². The second-order valence-electron chi connectivity index (χ2n) is 6.62. The van der Waals surface area contributed by atoms with E-state index in [1.807, 2.05) is 13.8 Å². The highest BCUT2D eigenvalue weighted by atomic mass is 16.5. The zero-order chi connectivity index (χ0) is 20.0. The van der Waals surface area contributed by atoms with Crippen molar-refractivity contribution in [1.82, 2.24) is 19.3 Å². The van der Waals surface area contributed by atoms with E-state index in [0.29, 0.717) is 41.5 Å². The number of imidazole rings is 1. The molecule has 4 rings (SSSR count). The van der Waals surface area contributed by atoms with Crippen LogP contribution < -0.4 is 15.8 Å². The van der Waals surface area contributed by atoms with Crippen molar-refractivity contribution in [2.45, 2.75) is 33.0 Å². The number of carbonyl (C=O) groups is 2. The molecule has 1 atom stereocenters. The molecule has 2 aromatic heterocycles. The molecule has 0 bridgehead atoms. The lowest BCUT2D eigenvalue weighted by molar-refractivity contribution is 0.0946. The summed E-state index contributed by atoms with van der Waals surface area (Å²) in [5.41, 5.74) is 7.89. The van der Waals surface area contributed by atoms with Crippen LogP contribution >= 0.6 is 0 Å². The molecule has 0 unspecified atom stereocenters. The van der Waals surface area contributed by atoms with Crippen molar-refractivity contribution in [3.05, 3.63) is 35.2 Å². The number of ether oxygens (including phenoxy) is 1. The van der Waals surface area contributed by atoms with Gasteiger partial charge in [-0.2, -0.15) is 5.10 Å². The Morgan fingerprint density at radius 1 is 1.39 bits per heavy atom. The summed E-state index contributed by atoms with van der Waals surface area (Å²) in [6.45, 7) is 4.35. The largest absolute Gasteiger partial charge is 0.484 e. The number of benzene rings is 1. The zero-order valence-electron chi connectivity index (χ0n) is 15.5. The minimum Gasteiger partial charge on any atom is -0.484 e. The van der Waals surface area contributed by atoms with Crippen molar-refractivity contribution in [2.75, 3.05) is 11.9 Å². The van der Waals surface area contributed by atoms with Crippen molar-refractivity contribution in [2.24, 2.45) is 5.73 Å². The fourth-order valence-corrected chi connectivity index (χ4v) is 3.39. The fourth-order valence-electron chi connectivity index (χ4n) is 3.39. The average molecular weight is 384 g/mol. The van der Waals surface area contributed by atoms with Crippen LogP contribution in [0.3, 0.4) is 0 Å². The number of aryl methyl sites for hydroxylation is 2. The smallest absolute Gasteiger partial charge is 0.276 e. The first-order valence-corrected chi connectivity index (χ1v) is 8.88. The van der Waals surface area contributed by atoms with Crippen LogP contribution in [0.4, 0.5) is 5.95 Å². The molecular formula is C18H20N6O4. The van der Waals surface area contributed by atoms with E-state index in [1.54, 1.807) is 21.4 Å². The van der Waals surface area contributed by atoms with E-state index >= 15 is 0 Å². The molecule has 2 amide bonds. The summed E-state index contributed by atoms with van der Waals surface area (Å²) < 4.78 is 9.11. The maximum Gasteiger partial charge on any atom is 0.276 e. The molecule has 1 aliphatic heterocycles. The molecule has 10 heteroatoms. The molecule has 28 heavy (non-hydrogen) atoms. The quantitative estimate of drug-likeness (QED) is 0.591. The minimum absolute atomic E-state index is 0.227. The number of aliphatic hydroxyl groups excluding tert-OH is 1. The first kappa shape index (κ1) is 18.0. The summed E-state index contributed by atoms with van der Waals surface area (Å²) >= 11 is 0. The Bertz CT molecular complexity index is 1100. The van der Waals surface area contributed by atoms with Crippen LogP contribution in [0, 0.1) is 6.92 Å². The molecule has 146 valence electrons. The monoisotopic (exact) mass is 384 g/mol. The Kier molecular flexibility index (Phi) is 4.27. The summed E-state index contributed by atoms with van der Waals surface area (Å²) in [5.74, 6) is -0.279. The van der Waals surface area contributed by atoms with Gasteiger partial charge in [0.15, 0.2) is 0 Å². The van der Waals surface area contributed by atoms with Crippen LogP contribution in [0.5, 0.6) is 5.75 Å². The number of hydrogen-bond acceptors (Lipinski definition) is 6. The molecule has 1 aliphatic rings. The lowest BCUT2D eigenvalue weighted by Gasteiger charge is -2.25. The standard InChI is InChI=1S/C18H20N6O4/c1-3-24-13(4-9(2)22-24)17(27)21-18-20-12-5-10(16(19)26)6-14-15(12)23(18)7-11(8-25)28-14/h4-6,11,25H,3,7-8H2,1-2H3,(H2,19,26)(H,20,21,27)/t11-/m0/s1. The fraction of sp³-hybridized carbons (Fsp3) is 0.333. The third-order valence-electron chi connectivity index (χ3n) is 4.63. The Morgan fingerprint density at radius 3 is 2.86 bits per heavy atom. The topological polar surface area (TPSA) is 137 Å². The maximum absolute atomic E-state index is 12.8. The lowest BCUT2D eigenvalue weighted by atomic mass is 10.1. The highest BCUT2D eigenvalue weighted by Crippen LogP contribution is 2.35. The van der Waals surface area contributed by atoms with E-state index < -0.39 is 12.0 Å². The number of amides is 2. The Morgan fingerprint density at radius 2 is 2.18 bits per heavy atom. The Labute approximate surface area is 159 Å². The van der Waals surface area contributed by atoms with Gasteiger partial charge in [-0.25, -0.2) is 4.98 Å². The molecule has 1 aromatic carbocycles. The molecule has 3 aromatic rings. The number of nitrogens with one attached hydrogen (secondary N) is 1. The SMILES string of the molecule is CCn1nc(C)cc1C(=O)Nc1nc2cc(C(N)=O)cc3c2n1C[C@@H](CO)O3. The van der Waals surface area contributed by atoms with Crippen LogP contribution in [0.25, 0.3) is 11.0 Å². The van der Waals surface area contributed by atoms with Crippen molar-refractivity contribution >= 4 is 28.8 Å². The Hall–Kier alpha value is -3.40. The third-order valence-corrected chi connectivity index (χ3v) is 4.63. The molecule has 0 aliphatic carbocycles. The van der Waals surface area contributed by atoms with Gasteiger partial charge in [-0.1, -0.05) is 0 Å². The maximum atomic E-state index is 12.8. The number of aliphatic hydroxyl groups is 1. The van der Waals surface area contributed by atoms with Crippen LogP contribution in [0.1, 0.15) is 33.5 Å². The summed E-state index contributed by atoms with van der Waals surface area (Å²) in [6, 6.07) is 4.77. The van der Waals surface area contributed by atoms with Gasteiger partial charge in [0.2, 0.25) is 11.9 Å². The van der Waals surface area contributed by atoms with Gasteiger partial charge in [0, 0.05) is 12.1 Å². The van der Waals surface area contributed by atoms with Gasteiger partial charge in [-0.3, -0.25) is 19.6 Å². The molecular weight excluding hydrogens is 364 g/mol. The molecule has 0 saturated heterocycles. The van der Waals surface area contributed by atoms with Crippen molar-refractivity contribution in [1.29, 1.82) is 0 Å². The minimum atomic E-state index is -0.615. The number of aromatic nitrogens is 4. The molecule has 3 heterocycles. The van der Waals surface area contributed by atoms with Crippen LogP contribution in [0.15, 0.2) is 18.2 Å². The summed E-state index contributed by atoms with van der Waals surface area (Å²) in [4.78, 5) is 28.9. The van der Waals surface area contributed by atoms with E-state index in [0.717, 1.165) is 5.69 Å². The molecule has 0 radical (unpaired) electrons. The third kappa shape index (κ3) is 2.87. The number of hydrogen-bond donors (Lipinski definition) is 3. The van der Waals surface area contributed by atoms with Gasteiger partial charge in [-0.15, -0.1) is 0 Å². The van der Waals surface area contributed by atoms with Gasteiger partial charge in [0.05, 0.1) is 24.4 Å². The molecule has 0 spiro atoms. The zero-order valence-corrected chi connectivity index (χ0v) is 15.5. The molecule has 0 saturated carbocycles. The summed E-state index contributed by atoms with van der Waals surface area (Å²) in [6.07, 6.45) is -0.535. The van der Waals surface area contributed by atoms with Crippen LogP contribution in [0.2, 0.25) is 0 Å². The Balaban J connectivity index is 1.79. The van der Waals surface area contributed by atoms with E-state index in [4.69, 9.17) is 10.5 Å². The molecule has 0 fully saturated rings. The predicted octanol–water partition coefficient (Wildman–Crippen LogP) is 0.666. The van der Waals surface area contributed by atoms with Crippen molar-refractivity contribution in [3.63, 3.8) is 0 Å². The summed E-state index contributed by atoms with van der Waals surface area (Å²) in [7, 11) is 0. The van der Waals surface area contributed by atoms with Gasteiger partial charge in [-0.05, 0) is 32.0 Å². The van der Waals surface area contributed by atoms with E-state index in [9.17, 15) is 14.7 Å². The second kappa shape index (κ2) is 6.64. The van der Waals surface area contributed by atoms with Gasteiger partial charge < -0.3 is 20.1 Å². The van der Waals surface area contributed by atoms with Crippen molar-refractivity contribution in [3.8, 4) is 5.75 Å². The summed E-state index contributed by atoms with van der Waals surface area (Å²) in [5, 5.41) is 16.7. The van der Waals surface area contributed by atoms with E-state index in [2.05, 4.69) is 15.4 Å². The number of nitrogens with zero attached hydrogens (tertiary/aromatic N) is 4. The number of carbonyl (C=O) groups excluding carboxylic acids is 2. The highest BCUT2D eigenvalue weighted by molar-refractivity contribution is 6.04. The van der Waals surface area contributed by atoms with E-state index in [1.165, 1.54) is 6.07 Å². The first-order chi connectivity index (χ1) is 13.4. The number of rotatable bonds is 5. The highest BCUT2D eigenvalue weighted by Gasteiger charge is 2.27. The number of anilines is 1. The molecule has 4 N–H and O–H groups in total. The lowest BCUT2D eigenvalue weighted by Crippen LogP contribution is -2.31. The second-order valence-corrected chi connectivity index (χ2v) is 6.62. The van der Waals surface area contributed by atoms with Gasteiger partial charge >= 0.3 is 0 Å². The predicted molar refractivity (Wildman–Crippen MR) is 100 cm³/mol. The number of nitrogens with two attached hydrogens (primary N) is 1. The van der Waals surface area contributed by atoms with Gasteiger partial charge in [0.1, 0.15) is 23.1 Å².